The molecule has 27 heavy (non-hydrogen) atoms. The number of nitrogens with zero attached hydrogens (tertiary/aromatic N) is 4. The molecule has 0 fully saturated rings. The second-order valence-electron chi connectivity index (χ2n) is 6.02. The Hall–Kier alpha value is -3.17. The third-order valence-corrected chi connectivity index (χ3v) is 4.15. The number of benzene rings is 1. The molecule has 0 saturated carbocycles. The van der Waals surface area contributed by atoms with Crippen molar-refractivity contribution in [3.05, 3.63) is 57.8 Å². The minimum atomic E-state index is -4.69. The van der Waals surface area contributed by atoms with Crippen LogP contribution in [0.5, 0.6) is 5.75 Å². The van der Waals surface area contributed by atoms with Gasteiger partial charge in [0.1, 0.15) is 5.75 Å². The van der Waals surface area contributed by atoms with Crippen molar-refractivity contribution >= 4 is 0 Å². The van der Waals surface area contributed by atoms with Gasteiger partial charge in [-0.25, -0.2) is 4.68 Å². The molecule has 2 aromatic heterocycles. The summed E-state index contributed by atoms with van der Waals surface area (Å²) in [6.45, 7) is 0.804. The maximum absolute atomic E-state index is 12.5. The quantitative estimate of drug-likeness (QED) is 0.697. The molecule has 0 aliphatic carbocycles. The van der Waals surface area contributed by atoms with Gasteiger partial charge < -0.3 is 9.26 Å². The van der Waals surface area contributed by atoms with Gasteiger partial charge in [0.25, 0.3) is 5.56 Å². The van der Waals surface area contributed by atoms with Gasteiger partial charge in [0.2, 0.25) is 5.82 Å². The van der Waals surface area contributed by atoms with Crippen molar-refractivity contribution in [2.45, 2.75) is 25.6 Å². The molecular weight excluding hydrogens is 365 g/mol. The molecular formula is C17H13F3N4O3. The van der Waals surface area contributed by atoms with E-state index in [1.165, 1.54) is 10.9 Å². The fourth-order valence-corrected chi connectivity index (χ4v) is 2.80. The minimum absolute atomic E-state index is 0.157. The molecule has 1 aliphatic rings. The zero-order chi connectivity index (χ0) is 19.0. The van der Waals surface area contributed by atoms with E-state index in [9.17, 15) is 18.0 Å². The average Bonchev–Trinajstić information content (AvgIpc) is 3.15. The molecule has 1 aromatic carbocycles. The van der Waals surface area contributed by atoms with Crippen molar-refractivity contribution in [2.75, 3.05) is 6.61 Å². The minimum Gasteiger partial charge on any atom is -0.491 e. The van der Waals surface area contributed by atoms with Crippen molar-refractivity contribution in [2.24, 2.45) is 0 Å². The van der Waals surface area contributed by atoms with E-state index in [1.807, 2.05) is 0 Å². The Bertz CT molecular complexity index is 1030. The lowest BCUT2D eigenvalue weighted by Crippen LogP contribution is -2.29. The zero-order valence-corrected chi connectivity index (χ0v) is 13.9. The monoisotopic (exact) mass is 378 g/mol. The molecule has 0 saturated heterocycles. The van der Waals surface area contributed by atoms with Crippen LogP contribution in [0.4, 0.5) is 13.2 Å². The van der Waals surface area contributed by atoms with E-state index in [2.05, 4.69) is 19.8 Å². The largest absolute Gasteiger partial charge is 0.491 e. The van der Waals surface area contributed by atoms with E-state index in [-0.39, 0.29) is 17.9 Å². The van der Waals surface area contributed by atoms with E-state index >= 15 is 0 Å². The number of ether oxygens (including phenoxy) is 1. The van der Waals surface area contributed by atoms with Gasteiger partial charge in [-0.3, -0.25) is 4.79 Å². The molecule has 10 heteroatoms. The Labute approximate surface area is 150 Å². The van der Waals surface area contributed by atoms with Crippen molar-refractivity contribution < 1.29 is 22.4 Å². The van der Waals surface area contributed by atoms with Crippen LogP contribution in [0.1, 0.15) is 23.4 Å². The Kier molecular flexibility index (Phi) is 4.17. The number of alkyl halides is 3. The first-order valence-corrected chi connectivity index (χ1v) is 8.14. The van der Waals surface area contributed by atoms with E-state index < -0.39 is 12.1 Å². The lowest BCUT2D eigenvalue weighted by atomic mass is 10.1. The van der Waals surface area contributed by atoms with Gasteiger partial charge in [0.05, 0.1) is 24.9 Å². The van der Waals surface area contributed by atoms with Crippen LogP contribution in [0.3, 0.4) is 0 Å². The highest BCUT2D eigenvalue weighted by molar-refractivity contribution is 5.54. The number of hydrogen-bond donors (Lipinski definition) is 0. The Balaban J connectivity index is 1.55. The number of aromatic nitrogens is 4. The highest BCUT2D eigenvalue weighted by atomic mass is 19.4. The third kappa shape index (κ3) is 3.42. The van der Waals surface area contributed by atoms with Crippen molar-refractivity contribution in [3.8, 4) is 17.1 Å². The SMILES string of the molecule is O=c1c2c(cnn1Cc1ccc(-c3noc(C(F)(F)F)n3)cc1)OCCC2. The fraction of sp³-hybridized carbons (Fsp3) is 0.294. The van der Waals surface area contributed by atoms with Crippen LogP contribution in [-0.4, -0.2) is 26.5 Å². The molecule has 0 unspecified atom stereocenters. The van der Waals surface area contributed by atoms with Gasteiger partial charge in [0.15, 0.2) is 0 Å². The van der Waals surface area contributed by atoms with Gasteiger partial charge in [-0.15, -0.1) is 0 Å². The summed E-state index contributed by atoms with van der Waals surface area (Å²) in [4.78, 5) is 15.8. The lowest BCUT2D eigenvalue weighted by molar-refractivity contribution is -0.159. The molecule has 4 rings (SSSR count). The van der Waals surface area contributed by atoms with Crippen molar-refractivity contribution in [3.63, 3.8) is 0 Å². The van der Waals surface area contributed by atoms with Gasteiger partial charge >= 0.3 is 12.1 Å². The first kappa shape index (κ1) is 17.3. The Morgan fingerprint density at radius 2 is 1.96 bits per heavy atom. The molecule has 0 spiro atoms. The summed E-state index contributed by atoms with van der Waals surface area (Å²) in [6, 6.07) is 6.46. The predicted molar refractivity (Wildman–Crippen MR) is 86.2 cm³/mol. The van der Waals surface area contributed by atoms with Crippen LogP contribution in [0.25, 0.3) is 11.4 Å². The molecule has 0 atom stereocenters. The zero-order valence-electron chi connectivity index (χ0n) is 13.9. The van der Waals surface area contributed by atoms with E-state index in [0.29, 0.717) is 29.9 Å². The standard InChI is InChI=1S/C17H13F3N4O3/c18-17(19,20)16-22-14(23-27-16)11-5-3-10(4-6-11)9-24-15(25)12-2-1-7-26-13(12)8-21-24/h3-6,8H,1-2,7,9H2. The fourth-order valence-electron chi connectivity index (χ4n) is 2.80. The molecule has 0 bridgehead atoms. The molecule has 7 nitrogen and oxygen atoms in total. The van der Waals surface area contributed by atoms with Gasteiger partial charge in [-0.1, -0.05) is 29.4 Å². The maximum atomic E-state index is 12.5. The molecule has 1 aliphatic heterocycles. The Morgan fingerprint density at radius 3 is 2.67 bits per heavy atom. The summed E-state index contributed by atoms with van der Waals surface area (Å²) in [5.74, 6) is -1.03. The van der Waals surface area contributed by atoms with Crippen LogP contribution in [-0.2, 0) is 19.1 Å². The van der Waals surface area contributed by atoms with Gasteiger partial charge in [0, 0.05) is 5.56 Å². The van der Waals surface area contributed by atoms with Crippen LogP contribution >= 0.6 is 0 Å². The van der Waals surface area contributed by atoms with Crippen molar-refractivity contribution in [1.82, 2.24) is 19.9 Å². The molecule has 0 radical (unpaired) electrons. The smallest absolute Gasteiger partial charge is 0.471 e. The predicted octanol–water partition coefficient (Wildman–Crippen LogP) is 2.69. The van der Waals surface area contributed by atoms with Crippen molar-refractivity contribution in [1.29, 1.82) is 0 Å². The van der Waals surface area contributed by atoms with Gasteiger partial charge in [-0.2, -0.15) is 23.3 Å². The van der Waals surface area contributed by atoms with Gasteiger partial charge in [-0.05, 0) is 18.4 Å². The number of hydrogen-bond acceptors (Lipinski definition) is 6. The molecule has 140 valence electrons. The molecule has 3 aromatic rings. The summed E-state index contributed by atoms with van der Waals surface area (Å²) >= 11 is 0. The van der Waals surface area contributed by atoms with E-state index in [0.717, 1.165) is 12.0 Å². The normalized spacial score (nSPS) is 13.9. The van der Waals surface area contributed by atoms with Crippen LogP contribution in [0, 0.1) is 0 Å². The van der Waals surface area contributed by atoms with Crippen LogP contribution in [0.2, 0.25) is 0 Å². The number of halogens is 3. The first-order valence-electron chi connectivity index (χ1n) is 8.14. The Morgan fingerprint density at radius 1 is 1.19 bits per heavy atom. The number of fused-ring (bicyclic) bond motifs is 1. The molecule has 0 amide bonds. The average molecular weight is 378 g/mol. The maximum Gasteiger partial charge on any atom is 0.471 e. The number of rotatable bonds is 3. The first-order chi connectivity index (χ1) is 12.9. The summed E-state index contributed by atoms with van der Waals surface area (Å²) in [6.07, 6.45) is -1.73. The summed E-state index contributed by atoms with van der Waals surface area (Å²) in [7, 11) is 0. The lowest BCUT2D eigenvalue weighted by Gasteiger charge is -2.17. The van der Waals surface area contributed by atoms with Crippen LogP contribution < -0.4 is 10.3 Å². The highest BCUT2D eigenvalue weighted by Crippen LogP contribution is 2.29. The summed E-state index contributed by atoms with van der Waals surface area (Å²) in [5.41, 5.74) is 1.53. The van der Waals surface area contributed by atoms with E-state index in [1.54, 1.807) is 24.3 Å². The second-order valence-corrected chi connectivity index (χ2v) is 6.02. The van der Waals surface area contributed by atoms with Crippen LogP contribution in [0.15, 0.2) is 39.8 Å². The summed E-state index contributed by atoms with van der Waals surface area (Å²) in [5, 5.41) is 7.45. The van der Waals surface area contributed by atoms with E-state index in [4.69, 9.17) is 4.74 Å². The summed E-state index contributed by atoms with van der Waals surface area (Å²) < 4.78 is 48.6. The topological polar surface area (TPSA) is 83.0 Å². The molecule has 0 N–H and O–H groups in total. The second kappa shape index (κ2) is 6.53. The third-order valence-electron chi connectivity index (χ3n) is 4.15. The molecule has 3 heterocycles. The highest BCUT2D eigenvalue weighted by Gasteiger charge is 2.38.